The van der Waals surface area contributed by atoms with Gasteiger partial charge in [0.15, 0.2) is 5.69 Å². The Morgan fingerprint density at radius 1 is 1.57 bits per heavy atom. The second-order valence-electron chi connectivity index (χ2n) is 4.95. The van der Waals surface area contributed by atoms with Crippen molar-refractivity contribution in [3.8, 4) is 0 Å². The fourth-order valence-electron chi connectivity index (χ4n) is 2.29. The van der Waals surface area contributed by atoms with Crippen LogP contribution in [0.4, 0.5) is 13.2 Å². The predicted molar refractivity (Wildman–Crippen MR) is 71.8 cm³/mol. The van der Waals surface area contributed by atoms with Crippen LogP contribution in [0.2, 0.25) is 0 Å². The Morgan fingerprint density at radius 3 is 2.71 bits per heavy atom. The van der Waals surface area contributed by atoms with E-state index in [2.05, 4.69) is 26.3 Å². The Labute approximate surface area is 128 Å². The van der Waals surface area contributed by atoms with E-state index in [1.807, 2.05) is 0 Å². The van der Waals surface area contributed by atoms with Crippen LogP contribution in [0, 0.1) is 0 Å². The molecule has 0 unspecified atom stereocenters. The molecule has 1 amide bonds. The highest BCUT2D eigenvalue weighted by atomic mass is 79.9. The second-order valence-corrected chi connectivity index (χ2v) is 5.74. The van der Waals surface area contributed by atoms with Gasteiger partial charge in [0.1, 0.15) is 5.69 Å². The lowest BCUT2D eigenvalue weighted by Crippen LogP contribution is -2.41. The highest BCUT2D eigenvalue weighted by Crippen LogP contribution is 2.35. The maximum atomic E-state index is 12.8. The molecule has 1 saturated heterocycles. The standard InChI is InChI=1S/C12H15BrF3N3O2/c1-6(7-4-3-5-21-7)17-11(20)9-8(13)10(12(14,15)16)18-19(9)2/h6-7H,3-5H2,1-2H3,(H,17,20)/t6-,7+/m1/s1. The first-order valence-electron chi connectivity index (χ1n) is 6.44. The van der Waals surface area contributed by atoms with Gasteiger partial charge in [-0.05, 0) is 35.7 Å². The van der Waals surface area contributed by atoms with Gasteiger partial charge in [0, 0.05) is 13.7 Å². The van der Waals surface area contributed by atoms with E-state index in [1.54, 1.807) is 6.92 Å². The Bertz CT molecular complexity index is 539. The average molecular weight is 370 g/mol. The predicted octanol–water partition coefficient (Wildman–Crippen LogP) is 2.50. The van der Waals surface area contributed by atoms with Crippen molar-refractivity contribution >= 4 is 21.8 Å². The molecule has 1 aliphatic rings. The number of aryl methyl sites for hydroxylation is 1. The SMILES string of the molecule is C[C@@H](NC(=O)c1c(Br)c(C(F)(F)F)nn1C)[C@@H]1CCCO1. The number of hydrogen-bond acceptors (Lipinski definition) is 3. The Morgan fingerprint density at radius 2 is 2.24 bits per heavy atom. The van der Waals surface area contributed by atoms with Crippen molar-refractivity contribution in [1.29, 1.82) is 0 Å². The maximum absolute atomic E-state index is 12.8. The van der Waals surface area contributed by atoms with Gasteiger partial charge in [0.05, 0.1) is 16.6 Å². The molecule has 1 aromatic rings. The molecular weight excluding hydrogens is 355 g/mol. The summed E-state index contributed by atoms with van der Waals surface area (Å²) in [6.07, 6.45) is -2.99. The van der Waals surface area contributed by atoms with Gasteiger partial charge in [0.2, 0.25) is 0 Å². The number of alkyl halides is 3. The topological polar surface area (TPSA) is 56.2 Å². The van der Waals surface area contributed by atoms with Crippen molar-refractivity contribution in [1.82, 2.24) is 15.1 Å². The summed E-state index contributed by atoms with van der Waals surface area (Å²) in [6, 6.07) is -0.281. The quantitative estimate of drug-likeness (QED) is 0.890. The molecule has 5 nitrogen and oxygen atoms in total. The minimum Gasteiger partial charge on any atom is -0.376 e. The Balaban J connectivity index is 2.17. The monoisotopic (exact) mass is 369 g/mol. The zero-order valence-electron chi connectivity index (χ0n) is 11.5. The van der Waals surface area contributed by atoms with E-state index in [0.717, 1.165) is 17.5 Å². The van der Waals surface area contributed by atoms with E-state index in [4.69, 9.17) is 4.74 Å². The summed E-state index contributed by atoms with van der Waals surface area (Å²) in [5.74, 6) is -0.615. The van der Waals surface area contributed by atoms with Gasteiger partial charge < -0.3 is 10.1 Å². The van der Waals surface area contributed by atoms with Crippen LogP contribution in [0.1, 0.15) is 35.9 Å². The first kappa shape index (κ1) is 16.3. The van der Waals surface area contributed by atoms with E-state index in [1.165, 1.54) is 7.05 Å². The molecule has 2 atom stereocenters. The fourth-order valence-corrected chi connectivity index (χ4v) is 3.03. The zero-order valence-corrected chi connectivity index (χ0v) is 13.1. The van der Waals surface area contributed by atoms with E-state index < -0.39 is 17.8 Å². The van der Waals surface area contributed by atoms with Crippen LogP contribution in [-0.4, -0.2) is 34.4 Å². The third kappa shape index (κ3) is 3.39. The number of carbonyl (C=O) groups excluding carboxylic acids is 1. The summed E-state index contributed by atoms with van der Waals surface area (Å²) >= 11 is 2.82. The van der Waals surface area contributed by atoms with E-state index in [0.29, 0.717) is 6.61 Å². The zero-order chi connectivity index (χ0) is 15.8. The number of amides is 1. The number of hydrogen-bond donors (Lipinski definition) is 1. The van der Waals surface area contributed by atoms with Gasteiger partial charge in [-0.3, -0.25) is 9.48 Å². The second kappa shape index (κ2) is 5.96. The van der Waals surface area contributed by atoms with Crippen molar-refractivity contribution in [2.75, 3.05) is 6.61 Å². The number of rotatable bonds is 3. The third-order valence-electron chi connectivity index (χ3n) is 3.35. The fraction of sp³-hybridized carbons (Fsp3) is 0.667. The van der Waals surface area contributed by atoms with Crippen LogP contribution in [0.25, 0.3) is 0 Å². The lowest BCUT2D eigenvalue weighted by Gasteiger charge is -2.20. The van der Waals surface area contributed by atoms with Crippen molar-refractivity contribution in [3.05, 3.63) is 15.9 Å². The molecule has 0 aliphatic carbocycles. The maximum Gasteiger partial charge on any atom is 0.436 e. The molecule has 9 heteroatoms. The minimum atomic E-state index is -4.62. The molecule has 2 rings (SSSR count). The lowest BCUT2D eigenvalue weighted by molar-refractivity contribution is -0.142. The van der Waals surface area contributed by atoms with E-state index >= 15 is 0 Å². The lowest BCUT2D eigenvalue weighted by atomic mass is 10.1. The third-order valence-corrected chi connectivity index (χ3v) is 4.11. The largest absolute Gasteiger partial charge is 0.436 e. The van der Waals surface area contributed by atoms with Gasteiger partial charge in [-0.15, -0.1) is 0 Å². The molecule has 0 aromatic carbocycles. The van der Waals surface area contributed by atoms with E-state index in [-0.39, 0.29) is 22.3 Å². The van der Waals surface area contributed by atoms with Crippen LogP contribution in [0.5, 0.6) is 0 Å². The van der Waals surface area contributed by atoms with Gasteiger partial charge in [-0.1, -0.05) is 0 Å². The molecule has 0 radical (unpaired) electrons. The molecule has 0 spiro atoms. The number of carbonyl (C=O) groups is 1. The molecular formula is C12H15BrF3N3O2. The summed E-state index contributed by atoms with van der Waals surface area (Å²) in [5, 5.41) is 6.02. The highest BCUT2D eigenvalue weighted by Gasteiger charge is 2.39. The summed E-state index contributed by atoms with van der Waals surface area (Å²) in [6.45, 7) is 2.40. The van der Waals surface area contributed by atoms with Gasteiger partial charge in [-0.2, -0.15) is 18.3 Å². The number of nitrogens with one attached hydrogen (secondary N) is 1. The number of ether oxygens (including phenoxy) is 1. The molecule has 1 fully saturated rings. The van der Waals surface area contributed by atoms with Crippen molar-refractivity contribution in [2.45, 2.75) is 38.1 Å². The molecule has 2 heterocycles. The summed E-state index contributed by atoms with van der Waals surface area (Å²) < 4.78 is 44.3. The first-order valence-corrected chi connectivity index (χ1v) is 7.23. The molecule has 118 valence electrons. The summed E-state index contributed by atoms with van der Waals surface area (Å²) in [5.41, 5.74) is -1.27. The first-order chi connectivity index (χ1) is 9.71. The average Bonchev–Trinajstić information content (AvgIpc) is 2.96. The Kier molecular flexibility index (Phi) is 4.62. The van der Waals surface area contributed by atoms with E-state index in [9.17, 15) is 18.0 Å². The van der Waals surface area contributed by atoms with Crippen LogP contribution < -0.4 is 5.32 Å². The smallest absolute Gasteiger partial charge is 0.376 e. The molecule has 1 aromatic heterocycles. The number of aromatic nitrogens is 2. The van der Waals surface area contributed by atoms with Crippen LogP contribution in [-0.2, 0) is 18.0 Å². The number of halogens is 4. The molecule has 1 aliphatic heterocycles. The summed E-state index contributed by atoms with van der Waals surface area (Å²) in [4.78, 5) is 12.2. The Hall–Kier alpha value is -1.09. The van der Waals surface area contributed by atoms with Crippen molar-refractivity contribution < 1.29 is 22.7 Å². The molecule has 0 bridgehead atoms. The van der Waals surface area contributed by atoms with Crippen LogP contribution >= 0.6 is 15.9 Å². The molecule has 1 N–H and O–H groups in total. The highest BCUT2D eigenvalue weighted by molar-refractivity contribution is 9.10. The van der Waals surface area contributed by atoms with Crippen molar-refractivity contribution in [2.24, 2.45) is 7.05 Å². The van der Waals surface area contributed by atoms with Crippen molar-refractivity contribution in [3.63, 3.8) is 0 Å². The molecule has 21 heavy (non-hydrogen) atoms. The number of nitrogens with zero attached hydrogens (tertiary/aromatic N) is 2. The normalized spacial score (nSPS) is 20.6. The minimum absolute atomic E-state index is 0.108. The van der Waals surface area contributed by atoms with Crippen LogP contribution in [0.15, 0.2) is 4.47 Å². The van der Waals surface area contributed by atoms with Gasteiger partial charge in [-0.25, -0.2) is 0 Å². The van der Waals surface area contributed by atoms with Gasteiger partial charge in [0.25, 0.3) is 5.91 Å². The summed E-state index contributed by atoms with van der Waals surface area (Å²) in [7, 11) is 1.30. The van der Waals surface area contributed by atoms with Crippen LogP contribution in [0.3, 0.4) is 0 Å². The molecule has 0 saturated carbocycles. The van der Waals surface area contributed by atoms with Gasteiger partial charge >= 0.3 is 6.18 Å².